The van der Waals surface area contributed by atoms with E-state index in [2.05, 4.69) is 59.6 Å². The molecule has 1 aliphatic rings. The number of likely N-dealkylation sites (N-methyl/N-ethyl adjacent to an activating group) is 1. The summed E-state index contributed by atoms with van der Waals surface area (Å²) < 4.78 is 3.64. The van der Waals surface area contributed by atoms with Crippen LogP contribution >= 0.6 is 0 Å². The minimum absolute atomic E-state index is 0.0601. The van der Waals surface area contributed by atoms with Gasteiger partial charge < -0.3 is 10.6 Å². The number of nitrogens with zero attached hydrogens (tertiary/aromatic N) is 5. The van der Waals surface area contributed by atoms with E-state index >= 15 is 0 Å². The molecule has 0 radical (unpaired) electrons. The Bertz CT molecular complexity index is 1480. The normalized spacial score (nSPS) is 15.9. The van der Waals surface area contributed by atoms with Crippen molar-refractivity contribution in [1.82, 2.24) is 29.6 Å². The van der Waals surface area contributed by atoms with Gasteiger partial charge in [0.05, 0.1) is 5.69 Å². The summed E-state index contributed by atoms with van der Waals surface area (Å²) >= 11 is 0. The number of hydrogen-bond donors (Lipinski definition) is 2. The molecular formula is C28H35N7O. The molecule has 0 fully saturated rings. The van der Waals surface area contributed by atoms with E-state index in [1.54, 1.807) is 17.1 Å². The van der Waals surface area contributed by atoms with Crippen LogP contribution in [0.15, 0.2) is 47.5 Å². The van der Waals surface area contributed by atoms with Crippen molar-refractivity contribution in [3.8, 4) is 5.69 Å². The molecule has 0 bridgehead atoms. The molecule has 0 aliphatic heterocycles. The summed E-state index contributed by atoms with van der Waals surface area (Å²) in [6.45, 7) is 10.4. The van der Waals surface area contributed by atoms with Crippen LogP contribution in [0.4, 0.5) is 11.6 Å². The Labute approximate surface area is 211 Å². The third kappa shape index (κ3) is 4.41. The van der Waals surface area contributed by atoms with Crippen molar-refractivity contribution in [3.05, 3.63) is 69.9 Å². The Balaban J connectivity index is 1.59. The van der Waals surface area contributed by atoms with Crippen LogP contribution in [-0.2, 0) is 18.3 Å². The van der Waals surface area contributed by atoms with Gasteiger partial charge in [-0.1, -0.05) is 26.8 Å². The summed E-state index contributed by atoms with van der Waals surface area (Å²) in [5, 5.41) is 7.26. The zero-order valence-corrected chi connectivity index (χ0v) is 22.0. The van der Waals surface area contributed by atoms with E-state index in [1.807, 2.05) is 37.7 Å². The van der Waals surface area contributed by atoms with Gasteiger partial charge >= 0.3 is 0 Å². The zero-order valence-electron chi connectivity index (χ0n) is 22.0. The minimum atomic E-state index is -0.123. The predicted molar refractivity (Wildman–Crippen MR) is 145 cm³/mol. The average Bonchev–Trinajstić information content (AvgIpc) is 3.15. The first kappa shape index (κ1) is 24.2. The summed E-state index contributed by atoms with van der Waals surface area (Å²) in [5.41, 5.74) is 5.85. The van der Waals surface area contributed by atoms with Crippen LogP contribution in [-0.4, -0.2) is 37.4 Å². The van der Waals surface area contributed by atoms with E-state index in [0.29, 0.717) is 23.0 Å². The standard InChI is InChI=1S/C28H35N7O/c1-17(2)34-26(36)23-16-31-27(32-21-10-8-18-7-9-20(29-6)13-19(18)14-21)33-25(23)35(34)22-11-12-30-24(15-22)28(3,4)5/h8,10-12,14-17,20,29H,7,9,13H2,1-6H3,(H,31,32,33). The molecule has 0 amide bonds. The molecule has 0 saturated heterocycles. The number of rotatable bonds is 5. The highest BCUT2D eigenvalue weighted by Gasteiger charge is 2.22. The molecule has 0 spiro atoms. The second kappa shape index (κ2) is 9.17. The van der Waals surface area contributed by atoms with Crippen molar-refractivity contribution in [1.29, 1.82) is 0 Å². The fourth-order valence-corrected chi connectivity index (χ4v) is 4.95. The van der Waals surface area contributed by atoms with Gasteiger partial charge in [0.25, 0.3) is 5.56 Å². The third-order valence-corrected chi connectivity index (χ3v) is 6.97. The van der Waals surface area contributed by atoms with Gasteiger partial charge in [-0.25, -0.2) is 14.3 Å². The van der Waals surface area contributed by atoms with Crippen molar-refractivity contribution in [2.24, 2.45) is 0 Å². The number of pyridine rings is 1. The lowest BCUT2D eigenvalue weighted by molar-refractivity contribution is 0.474. The van der Waals surface area contributed by atoms with E-state index in [-0.39, 0.29) is 17.0 Å². The van der Waals surface area contributed by atoms with E-state index in [0.717, 1.165) is 36.3 Å². The number of hydrogen-bond acceptors (Lipinski definition) is 6. The number of nitrogens with one attached hydrogen (secondary N) is 2. The summed E-state index contributed by atoms with van der Waals surface area (Å²) in [6.07, 6.45) is 6.68. The number of fused-ring (bicyclic) bond motifs is 2. The maximum absolute atomic E-state index is 13.4. The fraction of sp³-hybridized carbons (Fsp3) is 0.429. The van der Waals surface area contributed by atoms with Gasteiger partial charge in [0, 0.05) is 41.3 Å². The first-order valence-electron chi connectivity index (χ1n) is 12.7. The Morgan fingerprint density at radius 3 is 2.61 bits per heavy atom. The maximum Gasteiger partial charge on any atom is 0.278 e. The quantitative estimate of drug-likeness (QED) is 0.427. The molecule has 2 N–H and O–H groups in total. The van der Waals surface area contributed by atoms with Crippen LogP contribution in [0.1, 0.15) is 63.9 Å². The molecular weight excluding hydrogens is 450 g/mol. The van der Waals surface area contributed by atoms with Gasteiger partial charge in [-0.3, -0.25) is 9.78 Å². The molecule has 1 unspecified atom stereocenters. The molecule has 0 saturated carbocycles. The topological polar surface area (TPSA) is 89.7 Å². The summed E-state index contributed by atoms with van der Waals surface area (Å²) in [4.78, 5) is 27.3. The Morgan fingerprint density at radius 1 is 1.08 bits per heavy atom. The van der Waals surface area contributed by atoms with E-state index in [4.69, 9.17) is 4.98 Å². The molecule has 8 nitrogen and oxygen atoms in total. The molecule has 188 valence electrons. The van der Waals surface area contributed by atoms with E-state index in [9.17, 15) is 4.79 Å². The molecule has 1 atom stereocenters. The monoisotopic (exact) mass is 485 g/mol. The number of aryl methyl sites for hydroxylation is 1. The SMILES string of the molecule is CNC1CCc2ccc(Nc3ncc4c(=O)n(C(C)C)n(-c5ccnc(C(C)(C)C)c5)c4n3)cc2C1. The highest BCUT2D eigenvalue weighted by Crippen LogP contribution is 2.27. The highest BCUT2D eigenvalue weighted by atomic mass is 16.1. The number of aromatic nitrogens is 5. The van der Waals surface area contributed by atoms with Crippen LogP contribution in [0, 0.1) is 0 Å². The fourth-order valence-electron chi connectivity index (χ4n) is 4.95. The van der Waals surface area contributed by atoms with Crippen LogP contribution in [0.3, 0.4) is 0 Å². The third-order valence-electron chi connectivity index (χ3n) is 6.97. The number of benzene rings is 1. The molecule has 3 aromatic heterocycles. The van der Waals surface area contributed by atoms with E-state index in [1.165, 1.54) is 11.1 Å². The Morgan fingerprint density at radius 2 is 1.89 bits per heavy atom. The second-order valence-electron chi connectivity index (χ2n) is 11.0. The van der Waals surface area contributed by atoms with Crippen molar-refractivity contribution in [2.75, 3.05) is 12.4 Å². The minimum Gasteiger partial charge on any atom is -0.324 e. The lowest BCUT2D eigenvalue weighted by Crippen LogP contribution is -2.31. The van der Waals surface area contributed by atoms with Crippen LogP contribution < -0.4 is 16.2 Å². The van der Waals surface area contributed by atoms with Crippen LogP contribution in [0.2, 0.25) is 0 Å². The molecule has 3 heterocycles. The van der Waals surface area contributed by atoms with Crippen molar-refractivity contribution in [3.63, 3.8) is 0 Å². The first-order chi connectivity index (χ1) is 17.2. The highest BCUT2D eigenvalue weighted by molar-refractivity contribution is 5.77. The average molecular weight is 486 g/mol. The molecule has 5 rings (SSSR count). The van der Waals surface area contributed by atoms with Crippen LogP contribution in [0.25, 0.3) is 16.7 Å². The molecule has 1 aromatic carbocycles. The summed E-state index contributed by atoms with van der Waals surface area (Å²) in [7, 11) is 2.02. The summed E-state index contributed by atoms with van der Waals surface area (Å²) in [6, 6.07) is 10.9. The van der Waals surface area contributed by atoms with Crippen molar-refractivity contribution >= 4 is 22.7 Å². The van der Waals surface area contributed by atoms with Gasteiger partial charge in [-0.15, -0.1) is 0 Å². The lowest BCUT2D eigenvalue weighted by Gasteiger charge is -2.24. The lowest BCUT2D eigenvalue weighted by atomic mass is 9.88. The molecule has 8 heteroatoms. The zero-order chi connectivity index (χ0) is 25.6. The largest absolute Gasteiger partial charge is 0.324 e. The molecule has 4 aromatic rings. The van der Waals surface area contributed by atoms with Crippen molar-refractivity contribution < 1.29 is 0 Å². The smallest absolute Gasteiger partial charge is 0.278 e. The molecule has 1 aliphatic carbocycles. The van der Waals surface area contributed by atoms with Gasteiger partial charge in [0.15, 0.2) is 5.65 Å². The number of anilines is 2. The second-order valence-corrected chi connectivity index (χ2v) is 11.0. The predicted octanol–water partition coefficient (Wildman–Crippen LogP) is 4.68. The summed E-state index contributed by atoms with van der Waals surface area (Å²) in [5.74, 6) is 0.461. The van der Waals surface area contributed by atoms with Gasteiger partial charge in [-0.2, -0.15) is 4.98 Å². The van der Waals surface area contributed by atoms with Crippen LogP contribution in [0.5, 0.6) is 0 Å². The van der Waals surface area contributed by atoms with E-state index < -0.39 is 0 Å². The Hall–Kier alpha value is -3.52. The van der Waals surface area contributed by atoms with Crippen molar-refractivity contribution in [2.45, 2.75) is 71.4 Å². The first-order valence-corrected chi connectivity index (χ1v) is 12.7. The van der Waals surface area contributed by atoms with Gasteiger partial charge in [0.1, 0.15) is 5.39 Å². The maximum atomic E-state index is 13.4. The van der Waals surface area contributed by atoms with Gasteiger partial charge in [-0.05, 0) is 75.5 Å². The van der Waals surface area contributed by atoms with Gasteiger partial charge in [0.2, 0.25) is 5.95 Å². The Kier molecular flexibility index (Phi) is 6.16. The molecule has 36 heavy (non-hydrogen) atoms.